The van der Waals surface area contributed by atoms with Crippen molar-refractivity contribution in [2.24, 2.45) is 16.7 Å². The molecule has 8 atom stereocenters. The Morgan fingerprint density at radius 2 is 1.52 bits per heavy atom. The standard InChI is InChI=1S/C31H40O9/c1-16-21(34)13-14-30(7)24(16)26(40-28(36)20-11-9-8-10-12-20)31(37)15-22(35)17(2)23(29(31,5)6)25(38-18(3)32)27(30)39-19(4)33/h8-12,21-22,24-27,34-35,37H,1,13-15H2,2-7H3. The minimum absolute atomic E-state index is 0.191. The van der Waals surface area contributed by atoms with Crippen molar-refractivity contribution in [1.82, 2.24) is 0 Å². The summed E-state index contributed by atoms with van der Waals surface area (Å²) in [5.41, 5.74) is -2.85. The molecule has 2 fully saturated rings. The first-order chi connectivity index (χ1) is 18.6. The van der Waals surface area contributed by atoms with Gasteiger partial charge >= 0.3 is 17.9 Å². The topological polar surface area (TPSA) is 140 Å². The molecule has 0 radical (unpaired) electrons. The molecule has 40 heavy (non-hydrogen) atoms. The van der Waals surface area contributed by atoms with Crippen molar-refractivity contribution in [2.75, 3.05) is 0 Å². The van der Waals surface area contributed by atoms with Crippen molar-refractivity contribution in [2.45, 2.75) is 96.9 Å². The zero-order chi connectivity index (χ0) is 29.8. The van der Waals surface area contributed by atoms with Gasteiger partial charge in [0, 0.05) is 37.0 Å². The van der Waals surface area contributed by atoms with Crippen LogP contribution in [0, 0.1) is 16.7 Å². The second-order valence-corrected chi connectivity index (χ2v) is 12.2. The van der Waals surface area contributed by atoms with E-state index in [1.807, 2.05) is 6.92 Å². The van der Waals surface area contributed by atoms with Gasteiger partial charge in [-0.2, -0.15) is 0 Å². The van der Waals surface area contributed by atoms with E-state index in [2.05, 4.69) is 6.58 Å². The van der Waals surface area contributed by atoms with E-state index in [-0.39, 0.29) is 24.8 Å². The molecular formula is C31H40O9. The molecule has 4 rings (SSSR count). The quantitative estimate of drug-likeness (QED) is 0.290. The highest BCUT2D eigenvalue weighted by Crippen LogP contribution is 2.62. The first kappa shape index (κ1) is 30.0. The maximum atomic E-state index is 13.6. The first-order valence-electron chi connectivity index (χ1n) is 13.6. The zero-order valence-electron chi connectivity index (χ0n) is 24.0. The molecular weight excluding hydrogens is 516 g/mol. The van der Waals surface area contributed by atoms with E-state index in [9.17, 15) is 29.7 Å². The summed E-state index contributed by atoms with van der Waals surface area (Å²) in [7, 11) is 0. The minimum Gasteiger partial charge on any atom is -0.458 e. The van der Waals surface area contributed by atoms with Crippen LogP contribution < -0.4 is 0 Å². The number of aliphatic hydroxyl groups excluding tert-OH is 2. The van der Waals surface area contributed by atoms with Crippen molar-refractivity contribution in [3.05, 3.63) is 59.2 Å². The van der Waals surface area contributed by atoms with Gasteiger partial charge in [0.15, 0.2) is 6.10 Å². The molecule has 0 saturated heterocycles. The smallest absolute Gasteiger partial charge is 0.338 e. The van der Waals surface area contributed by atoms with Gasteiger partial charge in [-0.3, -0.25) is 9.59 Å². The van der Waals surface area contributed by atoms with E-state index in [0.29, 0.717) is 16.7 Å². The summed E-state index contributed by atoms with van der Waals surface area (Å²) in [6, 6.07) is 8.32. The van der Waals surface area contributed by atoms with Gasteiger partial charge in [-0.25, -0.2) is 4.79 Å². The summed E-state index contributed by atoms with van der Waals surface area (Å²) in [5, 5.41) is 35.0. The number of carbonyl (C=O) groups is 3. The summed E-state index contributed by atoms with van der Waals surface area (Å²) >= 11 is 0. The molecule has 2 saturated carbocycles. The molecule has 1 aromatic rings. The number of esters is 3. The number of rotatable bonds is 4. The van der Waals surface area contributed by atoms with Gasteiger partial charge in [0.2, 0.25) is 0 Å². The fourth-order valence-electron chi connectivity index (χ4n) is 7.31. The molecule has 218 valence electrons. The number of aliphatic hydroxyl groups is 3. The number of carbonyl (C=O) groups excluding carboxylic acids is 3. The Bertz CT molecular complexity index is 1230. The Morgan fingerprint density at radius 3 is 2.10 bits per heavy atom. The van der Waals surface area contributed by atoms with Crippen LogP contribution in [-0.4, -0.2) is 69.3 Å². The summed E-state index contributed by atoms with van der Waals surface area (Å²) < 4.78 is 18.1. The number of hydrogen-bond acceptors (Lipinski definition) is 9. The third kappa shape index (κ3) is 4.67. The lowest BCUT2D eigenvalue weighted by atomic mass is 9.47. The summed E-state index contributed by atoms with van der Waals surface area (Å²) in [5.74, 6) is -2.90. The van der Waals surface area contributed by atoms with Crippen LogP contribution >= 0.6 is 0 Å². The third-order valence-electron chi connectivity index (χ3n) is 9.49. The molecule has 8 unspecified atom stereocenters. The maximum absolute atomic E-state index is 13.6. The lowest BCUT2D eigenvalue weighted by Crippen LogP contribution is -2.71. The largest absolute Gasteiger partial charge is 0.458 e. The highest BCUT2D eigenvalue weighted by Gasteiger charge is 2.69. The van der Waals surface area contributed by atoms with Crippen molar-refractivity contribution < 1.29 is 43.9 Å². The lowest BCUT2D eigenvalue weighted by Gasteiger charge is -2.62. The molecule has 3 aliphatic rings. The molecule has 9 nitrogen and oxygen atoms in total. The van der Waals surface area contributed by atoms with E-state index in [0.717, 1.165) is 0 Å². The lowest BCUT2D eigenvalue weighted by molar-refractivity contribution is -0.233. The summed E-state index contributed by atoms with van der Waals surface area (Å²) in [6.07, 6.45) is -5.43. The van der Waals surface area contributed by atoms with Crippen LogP contribution in [0.3, 0.4) is 0 Å². The second kappa shape index (κ2) is 10.4. The molecule has 0 heterocycles. The number of ether oxygens (including phenoxy) is 3. The second-order valence-electron chi connectivity index (χ2n) is 12.2. The van der Waals surface area contributed by atoms with Crippen molar-refractivity contribution in [3.63, 3.8) is 0 Å². The average molecular weight is 557 g/mol. The summed E-state index contributed by atoms with van der Waals surface area (Å²) in [4.78, 5) is 38.6. The predicted octanol–water partition coefficient (Wildman–Crippen LogP) is 3.26. The Labute approximate surface area is 234 Å². The Hall–Kier alpha value is -3.01. The molecule has 9 heteroatoms. The van der Waals surface area contributed by atoms with Crippen molar-refractivity contribution >= 4 is 17.9 Å². The normalized spacial score (nSPS) is 37.0. The van der Waals surface area contributed by atoms with Gasteiger partial charge in [-0.15, -0.1) is 0 Å². The molecule has 0 aromatic heterocycles. The van der Waals surface area contributed by atoms with Gasteiger partial charge in [-0.05, 0) is 48.6 Å². The SMILES string of the molecule is C=C1C(O)CCC2(C)C(OC(C)=O)C(OC(C)=O)C3=C(C)C(O)CC(O)(C(OC(=O)c4ccccc4)C12)C3(C)C. The molecule has 0 amide bonds. The number of hydrogen-bond donors (Lipinski definition) is 3. The predicted molar refractivity (Wildman–Crippen MR) is 145 cm³/mol. The fraction of sp³-hybridized carbons (Fsp3) is 0.581. The van der Waals surface area contributed by atoms with Crippen LogP contribution in [0.4, 0.5) is 0 Å². The summed E-state index contributed by atoms with van der Waals surface area (Å²) in [6.45, 7) is 13.6. The first-order valence-corrected chi connectivity index (χ1v) is 13.6. The van der Waals surface area contributed by atoms with E-state index < -0.39 is 70.8 Å². The van der Waals surface area contributed by atoms with Gasteiger partial charge < -0.3 is 29.5 Å². The van der Waals surface area contributed by atoms with Crippen LogP contribution in [0.1, 0.15) is 71.2 Å². The molecule has 1 aromatic carbocycles. The van der Waals surface area contributed by atoms with Crippen LogP contribution in [0.5, 0.6) is 0 Å². The third-order valence-corrected chi connectivity index (χ3v) is 9.49. The molecule has 0 spiro atoms. The van der Waals surface area contributed by atoms with Gasteiger partial charge in [0.05, 0.1) is 17.8 Å². The van der Waals surface area contributed by atoms with Crippen molar-refractivity contribution in [3.8, 4) is 0 Å². The zero-order valence-corrected chi connectivity index (χ0v) is 24.0. The van der Waals surface area contributed by atoms with E-state index in [1.165, 1.54) is 13.8 Å². The van der Waals surface area contributed by atoms with Crippen LogP contribution in [0.2, 0.25) is 0 Å². The van der Waals surface area contributed by atoms with Crippen LogP contribution in [0.25, 0.3) is 0 Å². The number of benzene rings is 1. The molecule has 3 aliphatic carbocycles. The van der Waals surface area contributed by atoms with Crippen LogP contribution in [0.15, 0.2) is 53.6 Å². The molecule has 2 bridgehead atoms. The van der Waals surface area contributed by atoms with Gasteiger partial charge in [0.25, 0.3) is 0 Å². The maximum Gasteiger partial charge on any atom is 0.338 e. The highest BCUT2D eigenvalue weighted by atomic mass is 16.6. The average Bonchev–Trinajstić information content (AvgIpc) is 2.87. The van der Waals surface area contributed by atoms with E-state index in [1.54, 1.807) is 51.1 Å². The minimum atomic E-state index is -1.91. The Morgan fingerprint density at radius 1 is 0.925 bits per heavy atom. The Kier molecular flexibility index (Phi) is 7.81. The fourth-order valence-corrected chi connectivity index (χ4v) is 7.31. The van der Waals surface area contributed by atoms with E-state index >= 15 is 0 Å². The molecule has 3 N–H and O–H groups in total. The van der Waals surface area contributed by atoms with E-state index in [4.69, 9.17) is 14.2 Å². The van der Waals surface area contributed by atoms with Crippen LogP contribution in [-0.2, 0) is 23.8 Å². The molecule has 0 aliphatic heterocycles. The van der Waals surface area contributed by atoms with Gasteiger partial charge in [0.1, 0.15) is 17.8 Å². The monoisotopic (exact) mass is 556 g/mol. The van der Waals surface area contributed by atoms with Gasteiger partial charge in [-0.1, -0.05) is 45.5 Å². The highest BCUT2D eigenvalue weighted by molar-refractivity contribution is 5.89. The Balaban J connectivity index is 2.05. The number of fused-ring (bicyclic) bond motifs is 3. The van der Waals surface area contributed by atoms with Crippen molar-refractivity contribution in [1.29, 1.82) is 0 Å².